The Morgan fingerprint density at radius 2 is 1.12 bits per heavy atom. The van der Waals surface area contributed by atoms with Crippen molar-refractivity contribution >= 4 is 73.7 Å². The van der Waals surface area contributed by atoms with Crippen molar-refractivity contribution in [3.05, 3.63) is 108 Å². The van der Waals surface area contributed by atoms with Gasteiger partial charge in [0.05, 0.1) is 4.90 Å². The van der Waals surface area contributed by atoms with Gasteiger partial charge in [0.25, 0.3) is 0 Å². The van der Waals surface area contributed by atoms with E-state index in [4.69, 9.17) is 46.4 Å². The predicted molar refractivity (Wildman–Crippen MR) is 179 cm³/mol. The maximum absolute atomic E-state index is 13.8. The molecule has 3 rings (SSSR count). The lowest BCUT2D eigenvalue weighted by atomic mass is 10.1. The van der Waals surface area contributed by atoms with Gasteiger partial charge in [-0.25, -0.2) is 8.42 Å². The molecule has 0 aliphatic carbocycles. The lowest BCUT2D eigenvalue weighted by molar-refractivity contribution is 0.590. The van der Waals surface area contributed by atoms with Crippen molar-refractivity contribution in [2.75, 3.05) is 59.5 Å². The lowest BCUT2D eigenvalue weighted by Gasteiger charge is -2.23. The summed E-state index contributed by atoms with van der Waals surface area (Å²) in [5, 5.41) is -0.861. The van der Waals surface area contributed by atoms with Gasteiger partial charge in [0.1, 0.15) is 5.25 Å². The summed E-state index contributed by atoms with van der Waals surface area (Å²) in [4.78, 5) is 4.51. The van der Waals surface area contributed by atoms with Gasteiger partial charge >= 0.3 is 0 Å². The van der Waals surface area contributed by atoms with Gasteiger partial charge < -0.3 is 9.80 Å². The molecule has 0 heterocycles. The van der Waals surface area contributed by atoms with Crippen LogP contribution < -0.4 is 9.80 Å². The van der Waals surface area contributed by atoms with Gasteiger partial charge in [0.15, 0.2) is 9.84 Å². The second kappa shape index (κ2) is 17.1. The molecular formula is C32H36Cl4N2O2S. The van der Waals surface area contributed by atoms with Gasteiger partial charge in [-0.05, 0) is 54.4 Å². The highest BCUT2D eigenvalue weighted by molar-refractivity contribution is 7.91. The molecule has 0 radical (unpaired) electrons. The van der Waals surface area contributed by atoms with Crippen LogP contribution in [0.25, 0.3) is 6.08 Å². The first kappa shape index (κ1) is 33.4. The largest absolute Gasteiger partial charge is 0.369 e. The monoisotopic (exact) mass is 652 g/mol. The number of anilines is 2. The first-order chi connectivity index (χ1) is 19.8. The number of benzene rings is 3. The average molecular weight is 655 g/mol. The summed E-state index contributed by atoms with van der Waals surface area (Å²) in [7, 11) is -3.70. The van der Waals surface area contributed by atoms with E-state index in [-0.39, 0.29) is 4.90 Å². The fraction of sp³-hybridized carbons (Fsp3) is 0.312. The Morgan fingerprint density at radius 3 is 1.59 bits per heavy atom. The molecule has 9 heteroatoms. The minimum absolute atomic E-state index is 0.283. The molecule has 0 amide bonds. The molecule has 0 aromatic heterocycles. The molecule has 0 aliphatic heterocycles. The highest BCUT2D eigenvalue weighted by Gasteiger charge is 2.27. The summed E-state index contributed by atoms with van der Waals surface area (Å²) in [6.07, 6.45) is 7.33. The lowest BCUT2D eigenvalue weighted by Crippen LogP contribution is -2.27. The van der Waals surface area contributed by atoms with Crippen molar-refractivity contribution in [3.63, 3.8) is 0 Å². The highest BCUT2D eigenvalue weighted by Crippen LogP contribution is 2.32. The summed E-state index contributed by atoms with van der Waals surface area (Å²) in [5.74, 6) is 2.00. The van der Waals surface area contributed by atoms with Crippen molar-refractivity contribution in [3.8, 4) is 0 Å². The van der Waals surface area contributed by atoms with Crippen LogP contribution in [0.1, 0.15) is 21.9 Å². The molecule has 0 saturated carbocycles. The van der Waals surface area contributed by atoms with Crippen LogP contribution in [0, 0.1) is 6.92 Å². The third kappa shape index (κ3) is 9.69. The number of allylic oxidation sites excluding steroid dienone is 2. The van der Waals surface area contributed by atoms with Crippen molar-refractivity contribution in [2.45, 2.75) is 17.1 Å². The van der Waals surface area contributed by atoms with Gasteiger partial charge in [-0.2, -0.15) is 0 Å². The third-order valence-electron chi connectivity index (χ3n) is 6.63. The van der Waals surface area contributed by atoms with Crippen molar-refractivity contribution < 1.29 is 8.42 Å². The smallest absolute Gasteiger partial charge is 0.188 e. The molecule has 4 nitrogen and oxygen atoms in total. The quantitative estimate of drug-likeness (QED) is 0.115. The second-order valence-corrected chi connectivity index (χ2v) is 13.0. The van der Waals surface area contributed by atoms with Gasteiger partial charge in [0.2, 0.25) is 0 Å². The summed E-state index contributed by atoms with van der Waals surface area (Å²) >= 11 is 23.8. The van der Waals surface area contributed by atoms with E-state index in [1.165, 1.54) is 0 Å². The van der Waals surface area contributed by atoms with Crippen LogP contribution in [-0.2, 0) is 9.84 Å². The van der Waals surface area contributed by atoms with Crippen LogP contribution >= 0.6 is 46.4 Å². The zero-order chi connectivity index (χ0) is 29.7. The minimum Gasteiger partial charge on any atom is -0.369 e. The number of hydrogen-bond acceptors (Lipinski definition) is 4. The molecule has 41 heavy (non-hydrogen) atoms. The topological polar surface area (TPSA) is 40.6 Å². The van der Waals surface area contributed by atoms with E-state index in [1.807, 2.05) is 79.7 Å². The Balaban J connectivity index is 1.87. The molecule has 0 aliphatic rings. The maximum Gasteiger partial charge on any atom is 0.188 e. The Labute approximate surface area is 265 Å². The minimum atomic E-state index is -3.70. The number of nitrogens with zero attached hydrogens (tertiary/aromatic N) is 2. The van der Waals surface area contributed by atoms with Crippen LogP contribution in [0.15, 0.2) is 95.9 Å². The second-order valence-electron chi connectivity index (χ2n) is 9.44. The van der Waals surface area contributed by atoms with Gasteiger partial charge in [-0.3, -0.25) is 0 Å². The Hall–Kier alpha value is -2.15. The van der Waals surface area contributed by atoms with E-state index in [2.05, 4.69) is 9.80 Å². The van der Waals surface area contributed by atoms with Gasteiger partial charge in [0, 0.05) is 61.1 Å². The third-order valence-corrected chi connectivity index (χ3v) is 9.34. The van der Waals surface area contributed by atoms with E-state index in [0.29, 0.717) is 42.2 Å². The SMILES string of the molecule is Cc1ccc(S(=O)(=O)C(C=CC=Cc2ccc(N(CCCl)CCCl)cc2)c2ccc(N(CCCl)CCCl)cc2)cc1. The molecule has 3 aromatic rings. The highest BCUT2D eigenvalue weighted by atomic mass is 35.5. The molecule has 0 spiro atoms. The van der Waals surface area contributed by atoms with Crippen LogP contribution in [0.3, 0.4) is 0 Å². The Kier molecular flexibility index (Phi) is 13.9. The maximum atomic E-state index is 13.8. The average Bonchev–Trinajstić information content (AvgIpc) is 2.97. The number of hydrogen-bond donors (Lipinski definition) is 0. The summed E-state index contributed by atoms with van der Waals surface area (Å²) in [6, 6.07) is 22.6. The molecule has 220 valence electrons. The van der Waals surface area contributed by atoms with E-state index < -0.39 is 15.1 Å². The summed E-state index contributed by atoms with van der Waals surface area (Å²) in [5.41, 5.74) is 4.68. The molecule has 0 N–H and O–H groups in total. The zero-order valence-corrected chi connectivity index (χ0v) is 26.9. The van der Waals surface area contributed by atoms with Gasteiger partial charge in [-0.15, -0.1) is 46.4 Å². The Morgan fingerprint density at radius 1 is 0.659 bits per heavy atom. The molecule has 1 unspecified atom stereocenters. The molecule has 0 bridgehead atoms. The molecule has 1 atom stereocenters. The fourth-order valence-corrected chi connectivity index (χ4v) is 6.86. The van der Waals surface area contributed by atoms with E-state index in [1.54, 1.807) is 24.3 Å². The van der Waals surface area contributed by atoms with Crippen molar-refractivity contribution in [1.82, 2.24) is 0 Å². The molecule has 3 aromatic carbocycles. The first-order valence-corrected chi connectivity index (χ1v) is 17.1. The standard InChI is InChI=1S/C32H36Cl4N2O2S/c1-26-6-16-31(17-7-26)41(39,40)32(28-10-14-30(15-11-28)38(24-20-35)25-21-36)5-3-2-4-27-8-12-29(13-9-27)37(22-18-33)23-19-34/h2-17,32H,18-25H2,1H3. The van der Waals surface area contributed by atoms with Crippen LogP contribution in [0.4, 0.5) is 11.4 Å². The van der Waals surface area contributed by atoms with Crippen LogP contribution in [-0.4, -0.2) is 58.1 Å². The summed E-state index contributed by atoms with van der Waals surface area (Å²) in [6.45, 7) is 4.69. The van der Waals surface area contributed by atoms with Crippen LogP contribution in [0.2, 0.25) is 0 Å². The predicted octanol–water partition coefficient (Wildman–Crippen LogP) is 8.35. The normalized spacial score (nSPS) is 12.7. The van der Waals surface area contributed by atoms with E-state index in [9.17, 15) is 8.42 Å². The summed E-state index contributed by atoms with van der Waals surface area (Å²) < 4.78 is 27.6. The zero-order valence-electron chi connectivity index (χ0n) is 23.1. The number of rotatable bonds is 16. The molecule has 0 fully saturated rings. The number of aryl methyl sites for hydroxylation is 1. The van der Waals surface area contributed by atoms with Gasteiger partial charge in [-0.1, -0.05) is 66.3 Å². The first-order valence-electron chi connectivity index (χ1n) is 13.4. The van der Waals surface area contributed by atoms with E-state index in [0.717, 1.165) is 35.6 Å². The van der Waals surface area contributed by atoms with E-state index >= 15 is 0 Å². The van der Waals surface area contributed by atoms with Crippen LogP contribution in [0.5, 0.6) is 0 Å². The number of alkyl halides is 4. The van der Waals surface area contributed by atoms with Crippen molar-refractivity contribution in [1.29, 1.82) is 0 Å². The van der Waals surface area contributed by atoms with Crippen molar-refractivity contribution in [2.24, 2.45) is 0 Å². The molecular weight excluding hydrogens is 618 g/mol. The number of sulfone groups is 1. The fourth-order valence-electron chi connectivity index (χ4n) is 4.42. The Bertz CT molecular complexity index is 1350. The number of halogens is 4. The molecule has 0 saturated heterocycles.